The maximum Gasteiger partial charge on any atom is 0.229 e. The second-order valence-electron chi connectivity index (χ2n) is 8.58. The minimum atomic E-state index is 0.292. The number of hydrogen-bond acceptors (Lipinski definition) is 6. The lowest BCUT2D eigenvalue weighted by molar-refractivity contribution is 0.106. The molecule has 142 valence electrons. The molecule has 1 atom stereocenters. The molecular weight excluding hydrogens is 344 g/mol. The number of rotatable bonds is 4. The van der Waals surface area contributed by atoms with Crippen LogP contribution in [0.3, 0.4) is 0 Å². The summed E-state index contributed by atoms with van der Waals surface area (Å²) in [4.78, 5) is 11.3. The lowest BCUT2D eigenvalue weighted by atomic mass is 9.76. The molecule has 4 rings (SSSR count). The molecule has 26 heavy (non-hydrogen) atoms. The molecule has 2 aliphatic heterocycles. The van der Waals surface area contributed by atoms with Gasteiger partial charge in [-0.3, -0.25) is 9.80 Å². The van der Waals surface area contributed by atoms with Crippen LogP contribution in [0.1, 0.15) is 67.2 Å². The lowest BCUT2D eigenvalue weighted by Gasteiger charge is -2.39. The predicted molar refractivity (Wildman–Crippen MR) is 104 cm³/mol. The summed E-state index contributed by atoms with van der Waals surface area (Å²) in [5.74, 6) is 1.93. The van der Waals surface area contributed by atoms with Crippen LogP contribution in [0.15, 0.2) is 16.0 Å². The lowest BCUT2D eigenvalue weighted by Crippen LogP contribution is -2.40. The van der Waals surface area contributed by atoms with Gasteiger partial charge in [-0.15, -0.1) is 11.3 Å². The first-order chi connectivity index (χ1) is 12.5. The number of aryl methyl sites for hydroxylation is 1. The van der Waals surface area contributed by atoms with Crippen LogP contribution in [-0.2, 0) is 6.54 Å². The first-order valence-electron chi connectivity index (χ1n) is 9.75. The second-order valence-corrected chi connectivity index (χ2v) is 9.58. The summed E-state index contributed by atoms with van der Waals surface area (Å²) < 4.78 is 5.45. The summed E-state index contributed by atoms with van der Waals surface area (Å²) in [6, 6.07) is 2.54. The molecule has 0 N–H and O–H groups in total. The number of piperidine rings is 1. The van der Waals surface area contributed by atoms with Crippen molar-refractivity contribution in [2.75, 3.05) is 26.7 Å². The third kappa shape index (κ3) is 3.47. The normalized spacial score (nSPS) is 24.1. The molecule has 0 bridgehead atoms. The van der Waals surface area contributed by atoms with Gasteiger partial charge in [0.2, 0.25) is 5.89 Å². The first-order valence-corrected chi connectivity index (χ1v) is 10.6. The van der Waals surface area contributed by atoms with Gasteiger partial charge >= 0.3 is 0 Å². The summed E-state index contributed by atoms with van der Waals surface area (Å²) in [6.07, 6.45) is 3.70. The Bertz CT molecular complexity index is 745. The summed E-state index contributed by atoms with van der Waals surface area (Å²) >= 11 is 1.89. The fraction of sp³-hybridized carbons (Fsp3) is 0.700. The summed E-state index contributed by atoms with van der Waals surface area (Å²) in [7, 11) is 2.21. The van der Waals surface area contributed by atoms with Gasteiger partial charge in [-0.1, -0.05) is 19.0 Å². The zero-order valence-corrected chi connectivity index (χ0v) is 17.2. The molecule has 0 saturated carbocycles. The molecule has 5 nitrogen and oxygen atoms in total. The van der Waals surface area contributed by atoms with Crippen molar-refractivity contribution in [3.63, 3.8) is 0 Å². The van der Waals surface area contributed by atoms with Crippen molar-refractivity contribution in [2.45, 2.75) is 58.5 Å². The van der Waals surface area contributed by atoms with Gasteiger partial charge < -0.3 is 4.52 Å². The van der Waals surface area contributed by atoms with Crippen LogP contribution in [0.25, 0.3) is 0 Å². The Kier molecular flexibility index (Phi) is 4.92. The number of nitrogens with zero attached hydrogens (tertiary/aromatic N) is 4. The minimum Gasteiger partial charge on any atom is -0.339 e. The van der Waals surface area contributed by atoms with Crippen LogP contribution < -0.4 is 0 Å². The van der Waals surface area contributed by atoms with E-state index in [9.17, 15) is 0 Å². The van der Waals surface area contributed by atoms with E-state index >= 15 is 0 Å². The Hall–Kier alpha value is -1.24. The van der Waals surface area contributed by atoms with E-state index in [-0.39, 0.29) is 0 Å². The van der Waals surface area contributed by atoms with Crippen LogP contribution in [0.5, 0.6) is 0 Å². The standard InChI is InChI=1S/C20H30N4OS/c1-14(2)19-21-18(22-25-19)16-11-20(13-23(16)4)6-8-24(9-7-20)12-17-15(3)5-10-26-17/h5,10,14,16H,6-9,11-13H2,1-4H3. The summed E-state index contributed by atoms with van der Waals surface area (Å²) in [6.45, 7) is 11.1. The van der Waals surface area contributed by atoms with E-state index in [0.717, 1.165) is 31.2 Å². The van der Waals surface area contributed by atoms with Gasteiger partial charge in [0.1, 0.15) is 0 Å². The summed E-state index contributed by atoms with van der Waals surface area (Å²) in [5, 5.41) is 6.50. The summed E-state index contributed by atoms with van der Waals surface area (Å²) in [5.41, 5.74) is 1.85. The molecule has 2 aliphatic rings. The van der Waals surface area contributed by atoms with Gasteiger partial charge in [0.25, 0.3) is 0 Å². The highest BCUT2D eigenvalue weighted by Gasteiger charge is 2.46. The van der Waals surface area contributed by atoms with Crippen LogP contribution in [0.4, 0.5) is 0 Å². The Morgan fingerprint density at radius 2 is 2.12 bits per heavy atom. The Labute approximate surface area is 160 Å². The van der Waals surface area contributed by atoms with Gasteiger partial charge in [0.15, 0.2) is 5.82 Å². The number of likely N-dealkylation sites (tertiary alicyclic amines) is 2. The fourth-order valence-electron chi connectivity index (χ4n) is 4.49. The highest BCUT2D eigenvalue weighted by molar-refractivity contribution is 7.10. The third-order valence-corrected chi connectivity index (χ3v) is 7.25. The topological polar surface area (TPSA) is 45.4 Å². The average Bonchev–Trinajstić information content (AvgIpc) is 3.30. The van der Waals surface area contributed by atoms with Crippen LogP contribution >= 0.6 is 11.3 Å². The van der Waals surface area contributed by atoms with E-state index in [4.69, 9.17) is 4.52 Å². The zero-order chi connectivity index (χ0) is 18.3. The molecule has 2 aromatic rings. The van der Waals surface area contributed by atoms with E-state index in [1.807, 2.05) is 11.3 Å². The SMILES string of the molecule is Cc1ccsc1CN1CCC2(CC1)CC(c1noc(C(C)C)n1)N(C)C2. The molecule has 0 radical (unpaired) electrons. The van der Waals surface area contributed by atoms with Gasteiger partial charge in [0, 0.05) is 23.9 Å². The molecule has 4 heterocycles. The molecule has 2 aromatic heterocycles. The predicted octanol–water partition coefficient (Wildman–Crippen LogP) is 4.22. The molecule has 0 amide bonds. The quantitative estimate of drug-likeness (QED) is 0.802. The maximum atomic E-state index is 5.45. The monoisotopic (exact) mass is 374 g/mol. The molecule has 0 aliphatic carbocycles. The van der Waals surface area contributed by atoms with Gasteiger partial charge in [-0.05, 0) is 68.7 Å². The van der Waals surface area contributed by atoms with Crippen LogP contribution in [0.2, 0.25) is 0 Å². The smallest absolute Gasteiger partial charge is 0.229 e. The van der Waals surface area contributed by atoms with Crippen molar-refractivity contribution >= 4 is 11.3 Å². The highest BCUT2D eigenvalue weighted by atomic mass is 32.1. The van der Waals surface area contributed by atoms with Crippen LogP contribution in [-0.4, -0.2) is 46.6 Å². The van der Waals surface area contributed by atoms with E-state index in [1.165, 1.54) is 36.4 Å². The average molecular weight is 375 g/mol. The number of thiophene rings is 1. The molecule has 0 aromatic carbocycles. The largest absolute Gasteiger partial charge is 0.339 e. The molecule has 1 spiro atoms. The second kappa shape index (κ2) is 7.06. The molecule has 2 saturated heterocycles. The fourth-order valence-corrected chi connectivity index (χ4v) is 5.44. The Morgan fingerprint density at radius 3 is 2.73 bits per heavy atom. The Balaban J connectivity index is 1.39. The van der Waals surface area contributed by atoms with Crippen molar-refractivity contribution in [1.82, 2.24) is 19.9 Å². The molecule has 6 heteroatoms. The third-order valence-electron chi connectivity index (χ3n) is 6.24. The van der Waals surface area contributed by atoms with Gasteiger partial charge in [0.05, 0.1) is 6.04 Å². The van der Waals surface area contributed by atoms with Crippen molar-refractivity contribution in [2.24, 2.45) is 5.41 Å². The van der Waals surface area contributed by atoms with Crippen LogP contribution in [0, 0.1) is 12.3 Å². The number of aromatic nitrogens is 2. The van der Waals surface area contributed by atoms with Crippen molar-refractivity contribution < 1.29 is 4.52 Å². The maximum absolute atomic E-state index is 5.45. The van der Waals surface area contributed by atoms with Gasteiger partial charge in [-0.25, -0.2) is 0 Å². The first kappa shape index (κ1) is 18.1. The van der Waals surface area contributed by atoms with Crippen molar-refractivity contribution in [3.8, 4) is 0 Å². The van der Waals surface area contributed by atoms with E-state index in [0.29, 0.717) is 17.4 Å². The van der Waals surface area contributed by atoms with E-state index < -0.39 is 0 Å². The van der Waals surface area contributed by atoms with Crippen molar-refractivity contribution in [3.05, 3.63) is 33.6 Å². The molecular formula is C20H30N4OS. The Morgan fingerprint density at radius 1 is 1.35 bits per heavy atom. The van der Waals surface area contributed by atoms with E-state index in [2.05, 4.69) is 59.2 Å². The molecule has 2 fully saturated rings. The highest BCUT2D eigenvalue weighted by Crippen LogP contribution is 2.48. The minimum absolute atomic E-state index is 0.292. The van der Waals surface area contributed by atoms with Crippen molar-refractivity contribution in [1.29, 1.82) is 0 Å². The number of hydrogen-bond donors (Lipinski definition) is 0. The van der Waals surface area contributed by atoms with E-state index in [1.54, 1.807) is 0 Å². The zero-order valence-electron chi connectivity index (χ0n) is 16.4. The van der Waals surface area contributed by atoms with Gasteiger partial charge in [-0.2, -0.15) is 4.98 Å². The molecule has 1 unspecified atom stereocenters.